The molecule has 0 N–H and O–H groups in total. The lowest BCUT2D eigenvalue weighted by molar-refractivity contribution is -0.0440. The second kappa shape index (κ2) is 11.2. The molecule has 1 fully saturated rings. The van der Waals surface area contributed by atoms with E-state index in [1.807, 2.05) is 56.3 Å². The molecule has 1 aromatic heterocycles. The SMILES string of the molecule is CC1CN(S(=O)(=O)c2ccc(C(=O)N(Cc3ccccc3)c3nc4c(C(C)C)cccc4s3)cc2)CC(C)O1. The van der Waals surface area contributed by atoms with E-state index in [2.05, 4.69) is 19.9 Å². The van der Waals surface area contributed by atoms with Crippen molar-refractivity contribution in [2.24, 2.45) is 0 Å². The van der Waals surface area contributed by atoms with Crippen molar-refractivity contribution in [3.8, 4) is 0 Å². The highest BCUT2D eigenvalue weighted by atomic mass is 32.2. The van der Waals surface area contributed by atoms with Crippen LogP contribution in [0.2, 0.25) is 0 Å². The van der Waals surface area contributed by atoms with Crippen molar-refractivity contribution >= 4 is 42.6 Å². The van der Waals surface area contributed by atoms with E-state index in [1.165, 1.54) is 27.8 Å². The van der Waals surface area contributed by atoms with Gasteiger partial charge in [0.1, 0.15) is 0 Å². The first-order valence-electron chi connectivity index (χ1n) is 13.1. The Balaban J connectivity index is 1.48. The van der Waals surface area contributed by atoms with E-state index in [0.717, 1.165) is 21.3 Å². The van der Waals surface area contributed by atoms with Crippen molar-refractivity contribution in [2.75, 3.05) is 18.0 Å². The lowest BCUT2D eigenvalue weighted by Crippen LogP contribution is -2.48. The number of para-hydroxylation sites is 1. The molecule has 39 heavy (non-hydrogen) atoms. The van der Waals surface area contributed by atoms with Crippen LogP contribution in [0.5, 0.6) is 0 Å². The lowest BCUT2D eigenvalue weighted by atomic mass is 10.0. The maximum absolute atomic E-state index is 13.9. The molecule has 4 aromatic rings. The summed E-state index contributed by atoms with van der Waals surface area (Å²) < 4.78 is 34.8. The van der Waals surface area contributed by atoms with Crippen molar-refractivity contribution in [2.45, 2.75) is 57.3 Å². The van der Waals surface area contributed by atoms with E-state index in [1.54, 1.807) is 17.0 Å². The minimum Gasteiger partial charge on any atom is -0.373 e. The molecule has 0 bridgehead atoms. The summed E-state index contributed by atoms with van der Waals surface area (Å²) >= 11 is 1.49. The smallest absolute Gasteiger partial charge is 0.260 e. The molecule has 0 radical (unpaired) electrons. The molecule has 1 aliphatic rings. The molecule has 0 saturated carbocycles. The minimum atomic E-state index is -3.70. The summed E-state index contributed by atoms with van der Waals surface area (Å²) in [5.41, 5.74) is 3.43. The number of morpholine rings is 1. The zero-order valence-corrected chi connectivity index (χ0v) is 24.2. The van der Waals surface area contributed by atoms with Gasteiger partial charge in [0, 0.05) is 18.7 Å². The van der Waals surface area contributed by atoms with Crippen LogP contribution in [0.4, 0.5) is 5.13 Å². The fraction of sp³-hybridized carbons (Fsp3) is 0.333. The van der Waals surface area contributed by atoms with Crippen LogP contribution in [0.25, 0.3) is 10.2 Å². The van der Waals surface area contributed by atoms with E-state index in [0.29, 0.717) is 36.2 Å². The highest BCUT2D eigenvalue weighted by Gasteiger charge is 2.32. The zero-order valence-electron chi connectivity index (χ0n) is 22.6. The molecule has 1 amide bonds. The van der Waals surface area contributed by atoms with E-state index in [-0.39, 0.29) is 23.0 Å². The molecule has 0 aliphatic carbocycles. The molecule has 2 atom stereocenters. The Morgan fingerprint density at radius 1 is 1.00 bits per heavy atom. The average Bonchev–Trinajstić information content (AvgIpc) is 3.35. The summed E-state index contributed by atoms with van der Waals surface area (Å²) in [6, 6.07) is 22.1. The van der Waals surface area contributed by atoms with Gasteiger partial charge in [-0.05, 0) is 61.2 Å². The quantitative estimate of drug-likeness (QED) is 0.273. The molecule has 2 heterocycles. The molecule has 0 spiro atoms. The largest absolute Gasteiger partial charge is 0.373 e. The van der Waals surface area contributed by atoms with Gasteiger partial charge in [0.05, 0.1) is 33.9 Å². The van der Waals surface area contributed by atoms with Crippen LogP contribution in [-0.2, 0) is 21.3 Å². The lowest BCUT2D eigenvalue weighted by Gasteiger charge is -2.34. The molecule has 1 saturated heterocycles. The van der Waals surface area contributed by atoms with Crippen LogP contribution in [0.15, 0.2) is 77.7 Å². The van der Waals surface area contributed by atoms with Crippen molar-refractivity contribution in [3.63, 3.8) is 0 Å². The van der Waals surface area contributed by atoms with Gasteiger partial charge in [-0.15, -0.1) is 0 Å². The third kappa shape index (κ3) is 5.77. The van der Waals surface area contributed by atoms with E-state index < -0.39 is 10.0 Å². The number of ether oxygens (including phenoxy) is 1. The topological polar surface area (TPSA) is 79.8 Å². The second-order valence-electron chi connectivity index (χ2n) is 10.3. The number of rotatable bonds is 7. The third-order valence-electron chi connectivity index (χ3n) is 6.85. The number of benzene rings is 3. The van der Waals surface area contributed by atoms with Crippen molar-refractivity contribution < 1.29 is 17.9 Å². The van der Waals surface area contributed by atoms with Gasteiger partial charge in [-0.3, -0.25) is 9.69 Å². The Bertz CT molecular complexity index is 1560. The second-order valence-corrected chi connectivity index (χ2v) is 13.3. The molecule has 3 aromatic carbocycles. The molecule has 204 valence electrons. The van der Waals surface area contributed by atoms with Crippen LogP contribution in [0, 0.1) is 0 Å². The monoisotopic (exact) mass is 563 g/mol. The minimum absolute atomic E-state index is 0.163. The summed E-state index contributed by atoms with van der Waals surface area (Å²) in [5.74, 6) is 0.0652. The fourth-order valence-corrected chi connectivity index (χ4v) is 7.52. The Morgan fingerprint density at radius 3 is 2.31 bits per heavy atom. The maximum atomic E-state index is 13.9. The van der Waals surface area contributed by atoms with Crippen LogP contribution in [-0.4, -0.2) is 48.9 Å². The number of carbonyl (C=O) groups is 1. The van der Waals surface area contributed by atoms with Crippen molar-refractivity contribution in [1.29, 1.82) is 0 Å². The van der Waals surface area contributed by atoms with Crippen molar-refractivity contribution in [1.82, 2.24) is 9.29 Å². The van der Waals surface area contributed by atoms with E-state index in [9.17, 15) is 13.2 Å². The number of thiazole rings is 1. The number of hydrogen-bond donors (Lipinski definition) is 0. The maximum Gasteiger partial charge on any atom is 0.260 e. The number of fused-ring (bicyclic) bond motifs is 1. The van der Waals surface area contributed by atoms with Gasteiger partial charge in [-0.2, -0.15) is 4.31 Å². The normalized spacial score (nSPS) is 18.5. The van der Waals surface area contributed by atoms with Crippen LogP contribution in [0.3, 0.4) is 0 Å². The first kappa shape index (κ1) is 27.5. The number of anilines is 1. The predicted molar refractivity (Wildman–Crippen MR) is 156 cm³/mol. The Kier molecular flexibility index (Phi) is 7.87. The standard InChI is InChI=1S/C30H33N3O4S2/c1-20(2)26-11-8-12-27-28(26)31-30(38-27)33(19-23-9-6-5-7-10-23)29(34)24-13-15-25(16-14-24)39(35,36)32-17-21(3)37-22(4)18-32/h5-16,20-22H,17-19H2,1-4H3. The Morgan fingerprint density at radius 2 is 1.67 bits per heavy atom. The van der Waals surface area contributed by atoms with Crippen LogP contribution >= 0.6 is 11.3 Å². The fourth-order valence-electron chi connectivity index (χ4n) is 4.93. The average molecular weight is 564 g/mol. The number of aromatic nitrogens is 1. The van der Waals surface area contributed by atoms with Crippen molar-refractivity contribution in [3.05, 3.63) is 89.5 Å². The molecule has 1 aliphatic heterocycles. The van der Waals surface area contributed by atoms with Crippen LogP contribution < -0.4 is 4.90 Å². The first-order valence-corrected chi connectivity index (χ1v) is 15.4. The molecular formula is C30H33N3O4S2. The Hall–Kier alpha value is -3.11. The number of carbonyl (C=O) groups excluding carboxylic acids is 1. The molecule has 7 nitrogen and oxygen atoms in total. The Labute approximate surface area is 234 Å². The number of sulfonamides is 1. The first-order chi connectivity index (χ1) is 18.6. The van der Waals surface area contributed by atoms with Gasteiger partial charge >= 0.3 is 0 Å². The summed E-state index contributed by atoms with van der Waals surface area (Å²) in [5, 5.41) is 0.611. The predicted octanol–water partition coefficient (Wildman–Crippen LogP) is 6.06. The summed E-state index contributed by atoms with van der Waals surface area (Å²) in [7, 11) is -3.70. The van der Waals surface area contributed by atoms with Gasteiger partial charge in [-0.25, -0.2) is 13.4 Å². The van der Waals surface area contributed by atoms with E-state index in [4.69, 9.17) is 9.72 Å². The molecule has 9 heteroatoms. The van der Waals surface area contributed by atoms with E-state index >= 15 is 0 Å². The number of nitrogens with zero attached hydrogens (tertiary/aromatic N) is 3. The highest BCUT2D eigenvalue weighted by molar-refractivity contribution is 7.89. The summed E-state index contributed by atoms with van der Waals surface area (Å²) in [4.78, 5) is 20.7. The molecule has 2 unspecified atom stereocenters. The van der Waals surface area contributed by atoms with Gasteiger partial charge in [0.15, 0.2) is 5.13 Å². The summed E-state index contributed by atoms with van der Waals surface area (Å²) in [6.07, 6.45) is -0.359. The molecule has 5 rings (SSSR count). The number of hydrogen-bond acceptors (Lipinski definition) is 6. The van der Waals surface area contributed by atoms with Gasteiger partial charge in [0.2, 0.25) is 10.0 Å². The van der Waals surface area contributed by atoms with Crippen LogP contribution in [0.1, 0.15) is 55.1 Å². The van der Waals surface area contributed by atoms with Gasteiger partial charge in [0.25, 0.3) is 5.91 Å². The highest BCUT2D eigenvalue weighted by Crippen LogP contribution is 2.35. The third-order valence-corrected chi connectivity index (χ3v) is 9.74. The van der Waals surface area contributed by atoms with Gasteiger partial charge < -0.3 is 4.74 Å². The van der Waals surface area contributed by atoms with Gasteiger partial charge in [-0.1, -0.05) is 67.6 Å². The number of amides is 1. The zero-order chi connectivity index (χ0) is 27.7. The molecular weight excluding hydrogens is 530 g/mol. The summed E-state index contributed by atoms with van der Waals surface area (Å²) in [6.45, 7) is 8.95.